The molecule has 0 saturated carbocycles. The highest BCUT2D eigenvalue weighted by Gasteiger charge is 2.26. The van der Waals surface area contributed by atoms with Gasteiger partial charge in [0.05, 0.1) is 14.2 Å². The first kappa shape index (κ1) is 19.5. The normalized spacial score (nSPS) is 19.9. The van der Waals surface area contributed by atoms with Gasteiger partial charge in [-0.25, -0.2) is 0 Å². The average Bonchev–Trinajstić information content (AvgIpc) is 3.24. The average molecular weight is 375 g/mol. The van der Waals surface area contributed by atoms with Crippen molar-refractivity contribution < 1.29 is 19.1 Å². The number of piperazine rings is 1. The molecule has 0 bridgehead atoms. The molecule has 1 unspecified atom stereocenters. The molecule has 3 rings (SSSR count). The maximum absolute atomic E-state index is 12.8. The first-order valence-corrected chi connectivity index (χ1v) is 9.61. The van der Waals surface area contributed by atoms with Crippen molar-refractivity contribution in [2.24, 2.45) is 5.92 Å². The van der Waals surface area contributed by atoms with Gasteiger partial charge in [-0.1, -0.05) is 0 Å². The molecule has 0 aromatic heterocycles. The Morgan fingerprint density at radius 1 is 1.04 bits per heavy atom. The molecule has 2 saturated heterocycles. The highest BCUT2D eigenvalue weighted by atomic mass is 16.5. The quantitative estimate of drug-likeness (QED) is 0.813. The number of ether oxygens (including phenoxy) is 2. The second-order valence-electron chi connectivity index (χ2n) is 7.17. The summed E-state index contributed by atoms with van der Waals surface area (Å²) in [6.07, 6.45) is 2.72. The van der Waals surface area contributed by atoms with Crippen LogP contribution >= 0.6 is 0 Å². The lowest BCUT2D eigenvalue weighted by molar-refractivity contribution is -0.132. The molecule has 0 radical (unpaired) electrons. The van der Waals surface area contributed by atoms with E-state index < -0.39 is 0 Å². The Labute approximate surface area is 160 Å². The Kier molecular flexibility index (Phi) is 6.55. The first-order valence-electron chi connectivity index (χ1n) is 9.61. The van der Waals surface area contributed by atoms with E-state index in [1.54, 1.807) is 37.3 Å². The van der Waals surface area contributed by atoms with Crippen molar-refractivity contribution in [3.8, 4) is 11.5 Å². The number of rotatable bonds is 6. The maximum atomic E-state index is 12.8. The Hall–Kier alpha value is -2.28. The molecule has 2 aliphatic heterocycles. The summed E-state index contributed by atoms with van der Waals surface area (Å²) in [5.74, 6) is 1.95. The zero-order valence-corrected chi connectivity index (χ0v) is 16.2. The molecular weight excluding hydrogens is 346 g/mol. The summed E-state index contributed by atoms with van der Waals surface area (Å²) >= 11 is 0. The molecule has 2 heterocycles. The fourth-order valence-corrected chi connectivity index (χ4v) is 3.72. The lowest BCUT2D eigenvalue weighted by Gasteiger charge is -2.35. The SMILES string of the molecule is COc1cc(OC)cc(C(=O)N2CCN(C(=O)CCC3CCNC3)CC2)c1. The van der Waals surface area contributed by atoms with Gasteiger partial charge in [-0.05, 0) is 44.0 Å². The molecule has 1 atom stereocenters. The topological polar surface area (TPSA) is 71.1 Å². The van der Waals surface area contributed by atoms with Gasteiger partial charge in [0.15, 0.2) is 0 Å². The number of benzene rings is 1. The number of carbonyl (C=O) groups excluding carboxylic acids is 2. The van der Waals surface area contributed by atoms with E-state index in [1.807, 2.05) is 4.90 Å². The minimum atomic E-state index is -0.0590. The predicted octanol–water partition coefficient (Wildman–Crippen LogP) is 1.38. The molecule has 1 aromatic rings. The molecular formula is C20H29N3O4. The number of amides is 2. The van der Waals surface area contributed by atoms with Crippen LogP contribution in [-0.2, 0) is 4.79 Å². The van der Waals surface area contributed by atoms with E-state index in [0.29, 0.717) is 55.6 Å². The monoisotopic (exact) mass is 375 g/mol. The van der Waals surface area contributed by atoms with E-state index in [9.17, 15) is 9.59 Å². The Bertz CT molecular complexity index is 643. The van der Waals surface area contributed by atoms with Gasteiger partial charge in [0.1, 0.15) is 11.5 Å². The van der Waals surface area contributed by atoms with E-state index >= 15 is 0 Å². The second-order valence-corrected chi connectivity index (χ2v) is 7.17. The van der Waals surface area contributed by atoms with Crippen LogP contribution in [0.1, 0.15) is 29.6 Å². The standard InChI is InChI=1S/C20H29N3O4/c1-26-17-11-16(12-18(13-17)27-2)20(25)23-9-7-22(8-10-23)19(24)4-3-15-5-6-21-14-15/h11-13,15,21H,3-10,14H2,1-2H3. The largest absolute Gasteiger partial charge is 0.497 e. The third-order valence-electron chi connectivity index (χ3n) is 5.45. The summed E-state index contributed by atoms with van der Waals surface area (Å²) in [6, 6.07) is 5.18. The van der Waals surface area contributed by atoms with Crippen LogP contribution in [0.5, 0.6) is 11.5 Å². The summed E-state index contributed by atoms with van der Waals surface area (Å²) in [5, 5.41) is 3.34. The smallest absolute Gasteiger partial charge is 0.254 e. The van der Waals surface area contributed by atoms with Gasteiger partial charge in [-0.3, -0.25) is 9.59 Å². The number of nitrogens with zero attached hydrogens (tertiary/aromatic N) is 2. The molecule has 0 aliphatic carbocycles. The van der Waals surface area contributed by atoms with Crippen LogP contribution in [0.25, 0.3) is 0 Å². The van der Waals surface area contributed by atoms with Crippen molar-refractivity contribution >= 4 is 11.8 Å². The Morgan fingerprint density at radius 3 is 2.22 bits per heavy atom. The van der Waals surface area contributed by atoms with Gasteiger partial charge in [0.25, 0.3) is 5.91 Å². The van der Waals surface area contributed by atoms with Crippen molar-refractivity contribution in [1.82, 2.24) is 15.1 Å². The molecule has 1 aromatic carbocycles. The summed E-state index contributed by atoms with van der Waals surface area (Å²) < 4.78 is 10.5. The van der Waals surface area contributed by atoms with E-state index in [1.165, 1.54) is 6.42 Å². The van der Waals surface area contributed by atoms with Gasteiger partial charge in [0, 0.05) is 44.2 Å². The number of nitrogens with one attached hydrogen (secondary N) is 1. The first-order chi connectivity index (χ1) is 13.1. The third kappa shape index (κ3) is 4.91. The van der Waals surface area contributed by atoms with Crippen LogP contribution < -0.4 is 14.8 Å². The lowest BCUT2D eigenvalue weighted by Crippen LogP contribution is -2.50. The fraction of sp³-hybridized carbons (Fsp3) is 0.600. The minimum Gasteiger partial charge on any atom is -0.497 e. The second kappa shape index (κ2) is 9.08. The molecule has 2 aliphatic rings. The predicted molar refractivity (Wildman–Crippen MR) is 102 cm³/mol. The Morgan fingerprint density at radius 2 is 1.67 bits per heavy atom. The number of hydrogen-bond acceptors (Lipinski definition) is 5. The number of methoxy groups -OCH3 is 2. The van der Waals surface area contributed by atoms with Crippen LogP contribution in [0.2, 0.25) is 0 Å². The van der Waals surface area contributed by atoms with Crippen LogP contribution in [0.4, 0.5) is 0 Å². The summed E-state index contributed by atoms with van der Waals surface area (Å²) in [5.41, 5.74) is 0.541. The van der Waals surface area contributed by atoms with Crippen molar-refractivity contribution in [1.29, 1.82) is 0 Å². The van der Waals surface area contributed by atoms with Gasteiger partial charge in [-0.2, -0.15) is 0 Å². The summed E-state index contributed by atoms with van der Waals surface area (Å²) in [6.45, 7) is 4.38. The maximum Gasteiger partial charge on any atom is 0.254 e. The van der Waals surface area contributed by atoms with E-state index in [4.69, 9.17) is 9.47 Å². The highest BCUT2D eigenvalue weighted by molar-refractivity contribution is 5.95. The van der Waals surface area contributed by atoms with Crippen molar-refractivity contribution in [3.05, 3.63) is 23.8 Å². The third-order valence-corrected chi connectivity index (χ3v) is 5.45. The molecule has 2 fully saturated rings. The molecule has 1 N–H and O–H groups in total. The van der Waals surface area contributed by atoms with Crippen molar-refractivity contribution in [2.45, 2.75) is 19.3 Å². The molecule has 148 valence electrons. The zero-order chi connectivity index (χ0) is 19.2. The van der Waals surface area contributed by atoms with Crippen LogP contribution in [0.3, 0.4) is 0 Å². The molecule has 2 amide bonds. The fourth-order valence-electron chi connectivity index (χ4n) is 3.72. The zero-order valence-electron chi connectivity index (χ0n) is 16.2. The lowest BCUT2D eigenvalue weighted by atomic mass is 10.0. The molecule has 7 heteroatoms. The Balaban J connectivity index is 1.52. The minimum absolute atomic E-state index is 0.0590. The van der Waals surface area contributed by atoms with Crippen LogP contribution in [0.15, 0.2) is 18.2 Å². The summed E-state index contributed by atoms with van der Waals surface area (Å²) in [7, 11) is 3.13. The van der Waals surface area contributed by atoms with Crippen molar-refractivity contribution in [3.63, 3.8) is 0 Å². The van der Waals surface area contributed by atoms with Gasteiger partial charge < -0.3 is 24.6 Å². The van der Waals surface area contributed by atoms with E-state index in [0.717, 1.165) is 19.5 Å². The molecule has 7 nitrogen and oxygen atoms in total. The van der Waals surface area contributed by atoms with E-state index in [2.05, 4.69) is 5.32 Å². The van der Waals surface area contributed by atoms with Crippen LogP contribution in [0, 0.1) is 5.92 Å². The van der Waals surface area contributed by atoms with Crippen LogP contribution in [-0.4, -0.2) is 75.1 Å². The number of hydrogen-bond donors (Lipinski definition) is 1. The molecule has 0 spiro atoms. The van der Waals surface area contributed by atoms with Gasteiger partial charge in [0.2, 0.25) is 5.91 Å². The van der Waals surface area contributed by atoms with Gasteiger partial charge >= 0.3 is 0 Å². The van der Waals surface area contributed by atoms with Crippen molar-refractivity contribution in [2.75, 3.05) is 53.5 Å². The summed E-state index contributed by atoms with van der Waals surface area (Å²) in [4.78, 5) is 28.9. The van der Waals surface area contributed by atoms with E-state index in [-0.39, 0.29) is 11.8 Å². The number of carbonyl (C=O) groups is 2. The highest BCUT2D eigenvalue weighted by Crippen LogP contribution is 2.24. The van der Waals surface area contributed by atoms with Gasteiger partial charge in [-0.15, -0.1) is 0 Å². The molecule has 27 heavy (non-hydrogen) atoms.